The molecule has 0 saturated carbocycles. The van der Waals surface area contributed by atoms with Crippen molar-refractivity contribution in [2.75, 3.05) is 0 Å². The van der Waals surface area contributed by atoms with Crippen LogP contribution < -0.4 is 0 Å². The minimum atomic E-state index is -2.10. The Hall–Kier alpha value is 0.0338. The van der Waals surface area contributed by atoms with Crippen LogP contribution in [0.25, 0.3) is 0 Å². The Kier molecular flexibility index (Phi) is 11.8. The monoisotopic (exact) mass is 492 g/mol. The van der Waals surface area contributed by atoms with E-state index in [1.807, 2.05) is 49.5 Å². The van der Waals surface area contributed by atoms with Gasteiger partial charge in [0, 0.05) is 11.1 Å². The lowest BCUT2D eigenvalue weighted by Gasteiger charge is -2.24. The summed E-state index contributed by atoms with van der Waals surface area (Å²) in [6.45, 7) is 4.14. The standard InChI is InChI=1S/2C11H16Cl2Si/c2*1-3-7-11(14(2,12)13)10-8-5-4-6-9-10/h2*4-6,8-9,11H,3,7H2,1-2H3. The largest absolute Gasteiger partial charge is 0.255 e. The van der Waals surface area contributed by atoms with Gasteiger partial charge in [-0.25, -0.2) is 0 Å². The van der Waals surface area contributed by atoms with Gasteiger partial charge in [0.1, 0.15) is 0 Å². The molecule has 156 valence electrons. The second-order valence-electron chi connectivity index (χ2n) is 7.42. The van der Waals surface area contributed by atoms with E-state index >= 15 is 0 Å². The van der Waals surface area contributed by atoms with Crippen molar-refractivity contribution in [3.8, 4) is 0 Å². The van der Waals surface area contributed by atoms with E-state index in [4.69, 9.17) is 44.3 Å². The molecule has 2 rings (SSSR count). The molecule has 0 saturated heterocycles. The number of hydrogen-bond acceptors (Lipinski definition) is 0. The summed E-state index contributed by atoms with van der Waals surface area (Å²) in [7, 11) is 0. The van der Waals surface area contributed by atoms with Crippen molar-refractivity contribution in [3.63, 3.8) is 0 Å². The Morgan fingerprint density at radius 1 is 0.607 bits per heavy atom. The number of halogens is 4. The molecule has 0 spiro atoms. The fraction of sp³-hybridized carbons (Fsp3) is 0.455. The Balaban J connectivity index is 0.000000280. The van der Waals surface area contributed by atoms with Crippen molar-refractivity contribution >= 4 is 57.7 Å². The maximum absolute atomic E-state index is 6.32. The Morgan fingerprint density at radius 3 is 1.11 bits per heavy atom. The molecule has 2 unspecified atom stereocenters. The van der Waals surface area contributed by atoms with Crippen molar-refractivity contribution in [1.82, 2.24) is 0 Å². The average Bonchev–Trinajstić information content (AvgIpc) is 2.64. The fourth-order valence-electron chi connectivity index (χ4n) is 3.37. The van der Waals surface area contributed by atoms with Gasteiger partial charge in [0.2, 0.25) is 0 Å². The zero-order valence-electron chi connectivity index (χ0n) is 17.3. The van der Waals surface area contributed by atoms with Crippen molar-refractivity contribution in [3.05, 3.63) is 71.8 Å². The molecule has 2 aromatic carbocycles. The second kappa shape index (κ2) is 12.7. The van der Waals surface area contributed by atoms with E-state index in [0.29, 0.717) is 11.1 Å². The minimum absolute atomic E-state index is 0.358. The van der Waals surface area contributed by atoms with E-state index in [1.54, 1.807) is 0 Å². The predicted octanol–water partition coefficient (Wildman–Crippen LogP) is 9.32. The molecule has 28 heavy (non-hydrogen) atoms. The molecule has 0 N–H and O–H groups in total. The van der Waals surface area contributed by atoms with Gasteiger partial charge in [-0.2, -0.15) is 0 Å². The molecule has 2 atom stereocenters. The Labute approximate surface area is 192 Å². The zero-order chi connectivity index (χ0) is 21.2. The molecule has 0 bridgehead atoms. The van der Waals surface area contributed by atoms with Gasteiger partial charge in [-0.05, 0) is 37.1 Å². The summed E-state index contributed by atoms with van der Waals surface area (Å²) >= 11 is 25.3. The lowest BCUT2D eigenvalue weighted by molar-refractivity contribution is 0.758. The molecule has 0 aliphatic rings. The van der Waals surface area contributed by atoms with Crippen molar-refractivity contribution < 1.29 is 0 Å². The van der Waals surface area contributed by atoms with Crippen LogP contribution in [0.4, 0.5) is 0 Å². The van der Waals surface area contributed by atoms with E-state index < -0.39 is 13.4 Å². The van der Waals surface area contributed by atoms with E-state index in [2.05, 4.69) is 38.1 Å². The maximum Gasteiger partial charge on any atom is 0.255 e. The highest BCUT2D eigenvalue weighted by Crippen LogP contribution is 2.37. The van der Waals surface area contributed by atoms with Gasteiger partial charge < -0.3 is 0 Å². The van der Waals surface area contributed by atoms with Gasteiger partial charge in [-0.3, -0.25) is 0 Å². The van der Waals surface area contributed by atoms with Crippen LogP contribution in [0.5, 0.6) is 0 Å². The van der Waals surface area contributed by atoms with Gasteiger partial charge in [-0.1, -0.05) is 87.4 Å². The summed E-state index contributed by atoms with van der Waals surface area (Å²) in [6, 6.07) is 20.7. The molecule has 0 nitrogen and oxygen atoms in total. The first-order chi connectivity index (χ1) is 13.1. The second-order valence-corrected chi connectivity index (χ2v) is 23.2. The molecule has 0 radical (unpaired) electrons. The molecule has 0 aliphatic carbocycles. The van der Waals surface area contributed by atoms with Gasteiger partial charge in [0.15, 0.2) is 0 Å². The number of hydrogen-bond donors (Lipinski definition) is 0. The van der Waals surface area contributed by atoms with Crippen LogP contribution >= 0.6 is 44.3 Å². The van der Waals surface area contributed by atoms with E-state index in [1.165, 1.54) is 11.1 Å². The molecular weight excluding hydrogens is 462 g/mol. The quantitative estimate of drug-likeness (QED) is 0.253. The van der Waals surface area contributed by atoms with Gasteiger partial charge in [-0.15, -0.1) is 44.3 Å². The highest BCUT2D eigenvalue weighted by Gasteiger charge is 2.34. The topological polar surface area (TPSA) is 0 Å². The van der Waals surface area contributed by atoms with Crippen molar-refractivity contribution in [2.45, 2.75) is 63.7 Å². The lowest BCUT2D eigenvalue weighted by atomic mass is 10.1. The smallest absolute Gasteiger partial charge is 0.145 e. The highest BCUT2D eigenvalue weighted by molar-refractivity contribution is 7.45. The fourth-order valence-corrected chi connectivity index (χ4v) is 9.34. The Morgan fingerprint density at radius 2 is 0.893 bits per heavy atom. The van der Waals surface area contributed by atoms with Crippen LogP contribution in [0.2, 0.25) is 13.1 Å². The van der Waals surface area contributed by atoms with Crippen LogP contribution in [0.3, 0.4) is 0 Å². The van der Waals surface area contributed by atoms with E-state index in [9.17, 15) is 0 Å². The van der Waals surface area contributed by atoms with Gasteiger partial charge in [0.05, 0.1) is 0 Å². The zero-order valence-corrected chi connectivity index (χ0v) is 22.3. The SMILES string of the molecule is CCCC(c1ccccc1)[Si](C)(Cl)Cl.CCCC(c1ccccc1)[Si](C)(Cl)Cl. The molecular formula is C22H32Cl4Si2. The summed E-state index contributed by atoms with van der Waals surface area (Å²) in [6.07, 6.45) is 4.42. The molecule has 6 heteroatoms. The Bertz CT molecular complexity index is 592. The summed E-state index contributed by atoms with van der Waals surface area (Å²) in [4.78, 5) is 0. The lowest BCUT2D eigenvalue weighted by Crippen LogP contribution is -2.25. The molecule has 0 aliphatic heterocycles. The van der Waals surface area contributed by atoms with Crippen LogP contribution in [0.15, 0.2) is 60.7 Å². The van der Waals surface area contributed by atoms with Crippen LogP contribution in [-0.2, 0) is 0 Å². The molecule has 0 amide bonds. The van der Waals surface area contributed by atoms with Crippen LogP contribution in [0.1, 0.15) is 61.7 Å². The predicted molar refractivity (Wildman–Crippen MR) is 135 cm³/mol. The normalized spacial score (nSPS) is 14.0. The first-order valence-electron chi connectivity index (χ1n) is 9.96. The van der Waals surface area contributed by atoms with E-state index in [-0.39, 0.29) is 0 Å². The maximum atomic E-state index is 6.32. The van der Waals surface area contributed by atoms with Gasteiger partial charge >= 0.3 is 0 Å². The third kappa shape index (κ3) is 9.23. The number of rotatable bonds is 8. The third-order valence-electron chi connectivity index (χ3n) is 4.78. The molecule has 0 heterocycles. The average molecular weight is 494 g/mol. The van der Waals surface area contributed by atoms with Gasteiger partial charge in [0.25, 0.3) is 13.4 Å². The van der Waals surface area contributed by atoms with E-state index in [0.717, 1.165) is 25.7 Å². The first-order valence-corrected chi connectivity index (χ1v) is 19.2. The van der Waals surface area contributed by atoms with Crippen molar-refractivity contribution in [2.24, 2.45) is 0 Å². The van der Waals surface area contributed by atoms with Crippen LogP contribution in [-0.4, -0.2) is 13.4 Å². The third-order valence-corrected chi connectivity index (χ3v) is 11.6. The first kappa shape index (κ1) is 26.1. The molecule has 0 fully saturated rings. The minimum Gasteiger partial charge on any atom is -0.145 e. The summed E-state index contributed by atoms with van der Waals surface area (Å²) < 4.78 is 0. The summed E-state index contributed by atoms with van der Waals surface area (Å²) in [5.41, 5.74) is 3.29. The molecule has 0 aromatic heterocycles. The highest BCUT2D eigenvalue weighted by atomic mass is 35.7. The summed E-state index contributed by atoms with van der Waals surface area (Å²) in [5.74, 6) is 0. The van der Waals surface area contributed by atoms with Crippen LogP contribution in [0, 0.1) is 0 Å². The number of benzene rings is 2. The molecule has 2 aromatic rings. The summed E-state index contributed by atoms with van der Waals surface area (Å²) in [5, 5.41) is 0. The van der Waals surface area contributed by atoms with Crippen molar-refractivity contribution in [1.29, 1.82) is 0 Å².